The molecule has 32 heavy (non-hydrogen) atoms. The van der Waals surface area contributed by atoms with Gasteiger partial charge in [0, 0.05) is 49.0 Å². The summed E-state index contributed by atoms with van der Waals surface area (Å²) in [5, 5.41) is 7.95. The zero-order valence-corrected chi connectivity index (χ0v) is 18.8. The van der Waals surface area contributed by atoms with Gasteiger partial charge in [0.1, 0.15) is 11.9 Å². The van der Waals surface area contributed by atoms with Gasteiger partial charge in [0.15, 0.2) is 0 Å². The minimum Gasteiger partial charge on any atom is -0.443 e. The smallest absolute Gasteiger partial charge is 0.414 e. The van der Waals surface area contributed by atoms with Crippen LogP contribution < -0.4 is 10.6 Å². The highest BCUT2D eigenvalue weighted by Crippen LogP contribution is 2.24. The first-order valence-corrected chi connectivity index (χ1v) is 12.0. The summed E-state index contributed by atoms with van der Waals surface area (Å²) in [6.07, 6.45) is -0.732. The van der Waals surface area contributed by atoms with Crippen molar-refractivity contribution >= 4 is 39.2 Å². The lowest BCUT2D eigenvalue weighted by Crippen LogP contribution is -2.50. The molecule has 4 rings (SSSR count). The molecule has 2 heterocycles. The minimum absolute atomic E-state index is 0.0318. The van der Waals surface area contributed by atoms with Crippen molar-refractivity contribution in [2.24, 2.45) is 5.73 Å². The molecular weight excluding hydrogens is 454 g/mol. The number of cyclic esters (lactones) is 1. The number of halogens is 1. The summed E-state index contributed by atoms with van der Waals surface area (Å²) in [7, 11) is -3.56. The van der Waals surface area contributed by atoms with Crippen molar-refractivity contribution in [3.8, 4) is 0 Å². The van der Waals surface area contributed by atoms with Gasteiger partial charge in [-0.1, -0.05) is 11.6 Å². The van der Waals surface area contributed by atoms with Crippen LogP contribution in [0.15, 0.2) is 53.4 Å². The lowest BCUT2D eigenvalue weighted by Gasteiger charge is -2.34. The molecule has 0 spiro atoms. The molecule has 2 aliphatic heterocycles. The van der Waals surface area contributed by atoms with Crippen molar-refractivity contribution in [2.45, 2.75) is 11.0 Å². The highest BCUT2D eigenvalue weighted by molar-refractivity contribution is 7.89. The van der Waals surface area contributed by atoms with Crippen LogP contribution in [0.1, 0.15) is 5.56 Å². The number of amides is 1. The molecule has 11 heteroatoms. The number of sulfonamides is 1. The molecule has 1 unspecified atom stereocenters. The Balaban J connectivity index is 1.32. The van der Waals surface area contributed by atoms with E-state index >= 15 is 0 Å². The number of carbonyl (C=O) groups is 1. The van der Waals surface area contributed by atoms with Gasteiger partial charge in [-0.25, -0.2) is 13.2 Å². The number of nitrogen functional groups attached to an aromatic ring is 1. The summed E-state index contributed by atoms with van der Waals surface area (Å²) in [6.45, 7) is 2.76. The first-order valence-electron chi connectivity index (χ1n) is 10.1. The zero-order chi connectivity index (χ0) is 22.9. The van der Waals surface area contributed by atoms with E-state index in [1.165, 1.54) is 16.4 Å². The average Bonchev–Trinajstić information content (AvgIpc) is 3.14. The first-order chi connectivity index (χ1) is 15.2. The van der Waals surface area contributed by atoms with Gasteiger partial charge >= 0.3 is 6.09 Å². The van der Waals surface area contributed by atoms with Gasteiger partial charge < -0.3 is 10.5 Å². The fourth-order valence-corrected chi connectivity index (χ4v) is 5.39. The molecule has 3 N–H and O–H groups in total. The van der Waals surface area contributed by atoms with E-state index in [-0.39, 0.29) is 16.8 Å². The Labute approximate surface area is 191 Å². The lowest BCUT2D eigenvalue weighted by molar-refractivity contribution is 0.0937. The van der Waals surface area contributed by atoms with Gasteiger partial charge in [-0.05, 0) is 48.5 Å². The normalized spacial score (nSPS) is 20.3. The fourth-order valence-electron chi connectivity index (χ4n) is 3.84. The third kappa shape index (κ3) is 4.73. The third-order valence-electron chi connectivity index (χ3n) is 5.61. The van der Waals surface area contributed by atoms with Crippen molar-refractivity contribution in [3.05, 3.63) is 59.1 Å². The molecule has 0 radical (unpaired) electrons. The zero-order valence-electron chi connectivity index (χ0n) is 17.3. The molecule has 1 atom stereocenters. The van der Waals surface area contributed by atoms with Crippen molar-refractivity contribution in [3.63, 3.8) is 0 Å². The number of nitrogens with two attached hydrogens (primary N) is 1. The van der Waals surface area contributed by atoms with Crippen LogP contribution in [0, 0.1) is 5.41 Å². The second kappa shape index (κ2) is 9.07. The van der Waals surface area contributed by atoms with Gasteiger partial charge in [0.05, 0.1) is 11.4 Å². The summed E-state index contributed by atoms with van der Waals surface area (Å²) < 4.78 is 32.6. The monoisotopic (exact) mass is 477 g/mol. The number of piperazine rings is 1. The molecule has 2 saturated heterocycles. The van der Waals surface area contributed by atoms with Gasteiger partial charge in [0.2, 0.25) is 10.0 Å². The van der Waals surface area contributed by atoms with E-state index < -0.39 is 16.1 Å². The van der Waals surface area contributed by atoms with Crippen molar-refractivity contribution in [2.75, 3.05) is 44.2 Å². The average molecular weight is 478 g/mol. The number of rotatable bonds is 6. The summed E-state index contributed by atoms with van der Waals surface area (Å²) in [5.41, 5.74) is 6.74. The molecule has 0 aromatic heterocycles. The molecule has 0 bridgehead atoms. The molecule has 9 nitrogen and oxygen atoms in total. The number of carbonyl (C=O) groups excluding carboxylic acids is 1. The molecule has 0 saturated carbocycles. The first kappa shape index (κ1) is 22.5. The van der Waals surface area contributed by atoms with E-state index in [0.29, 0.717) is 55.5 Å². The Morgan fingerprint density at radius 3 is 2.28 bits per heavy atom. The number of amidine groups is 1. The van der Waals surface area contributed by atoms with Crippen LogP contribution in [0.2, 0.25) is 5.02 Å². The maximum atomic E-state index is 12.8. The lowest BCUT2D eigenvalue weighted by atomic mass is 10.2. The van der Waals surface area contributed by atoms with Crippen LogP contribution in [0.25, 0.3) is 0 Å². The summed E-state index contributed by atoms with van der Waals surface area (Å²) >= 11 is 5.86. The van der Waals surface area contributed by atoms with Crippen molar-refractivity contribution in [1.82, 2.24) is 9.21 Å². The second-order valence-corrected chi connectivity index (χ2v) is 10.1. The number of nitrogens with zero attached hydrogens (tertiary/aromatic N) is 3. The largest absolute Gasteiger partial charge is 0.443 e. The van der Waals surface area contributed by atoms with Crippen LogP contribution in [0.3, 0.4) is 0 Å². The van der Waals surface area contributed by atoms with Crippen LogP contribution in [-0.4, -0.2) is 74.9 Å². The highest BCUT2D eigenvalue weighted by atomic mass is 35.5. The Kier molecular flexibility index (Phi) is 6.38. The molecule has 2 aromatic carbocycles. The maximum Gasteiger partial charge on any atom is 0.414 e. The predicted octanol–water partition coefficient (Wildman–Crippen LogP) is 1.96. The second-order valence-electron chi connectivity index (χ2n) is 7.74. The quantitative estimate of drug-likeness (QED) is 0.484. The number of hydrogen-bond donors (Lipinski definition) is 2. The molecule has 170 valence electrons. The van der Waals surface area contributed by atoms with E-state index in [1.54, 1.807) is 41.3 Å². The molecule has 2 fully saturated rings. The number of ether oxygens (including phenoxy) is 1. The minimum atomic E-state index is -3.56. The SMILES string of the molecule is N=C(N)c1ccc(N2CC(CN3CCN(S(=O)(=O)c4ccc(Cl)cc4)CC3)OC2=O)cc1. The summed E-state index contributed by atoms with van der Waals surface area (Å²) in [6, 6.07) is 13.0. The van der Waals surface area contributed by atoms with Crippen LogP contribution in [-0.2, 0) is 14.8 Å². The fraction of sp³-hybridized carbons (Fsp3) is 0.333. The third-order valence-corrected chi connectivity index (χ3v) is 7.77. The predicted molar refractivity (Wildman–Crippen MR) is 122 cm³/mol. The maximum absolute atomic E-state index is 12.8. The number of anilines is 1. The number of nitrogens with one attached hydrogen (secondary N) is 1. The summed E-state index contributed by atoms with van der Waals surface area (Å²) in [5.74, 6) is -0.0318. The van der Waals surface area contributed by atoms with Crippen molar-refractivity contribution < 1.29 is 17.9 Å². The molecule has 0 aliphatic carbocycles. The van der Waals surface area contributed by atoms with E-state index in [9.17, 15) is 13.2 Å². The highest BCUT2D eigenvalue weighted by Gasteiger charge is 2.35. The summed E-state index contributed by atoms with van der Waals surface area (Å²) in [4.78, 5) is 16.2. The Morgan fingerprint density at radius 2 is 1.69 bits per heavy atom. The molecule has 1 amide bonds. The van der Waals surface area contributed by atoms with E-state index in [2.05, 4.69) is 4.90 Å². The van der Waals surface area contributed by atoms with E-state index in [4.69, 9.17) is 27.5 Å². The number of benzene rings is 2. The van der Waals surface area contributed by atoms with Gasteiger partial charge in [-0.2, -0.15) is 4.31 Å². The van der Waals surface area contributed by atoms with Gasteiger partial charge in [-0.3, -0.25) is 15.2 Å². The standard InChI is InChI=1S/C21H24ClN5O4S/c22-16-3-7-19(8-4-16)32(29,30)26-11-9-25(10-12-26)13-18-14-27(21(28)31-18)17-5-1-15(2-6-17)20(23)24/h1-8,18H,9-14H2,(H3,23,24). The van der Waals surface area contributed by atoms with Gasteiger partial charge in [0.25, 0.3) is 0 Å². The Bertz CT molecular complexity index is 1100. The van der Waals surface area contributed by atoms with Gasteiger partial charge in [-0.15, -0.1) is 0 Å². The van der Waals surface area contributed by atoms with E-state index in [0.717, 1.165) is 0 Å². The van der Waals surface area contributed by atoms with E-state index in [1.807, 2.05) is 0 Å². The Hall–Kier alpha value is -2.66. The molecule has 2 aliphatic rings. The Morgan fingerprint density at radius 1 is 1.06 bits per heavy atom. The van der Waals surface area contributed by atoms with Crippen LogP contribution >= 0.6 is 11.6 Å². The topological polar surface area (TPSA) is 120 Å². The molecule has 2 aromatic rings. The van der Waals surface area contributed by atoms with Crippen LogP contribution in [0.4, 0.5) is 10.5 Å². The van der Waals surface area contributed by atoms with Crippen LogP contribution in [0.5, 0.6) is 0 Å². The van der Waals surface area contributed by atoms with Crippen molar-refractivity contribution in [1.29, 1.82) is 5.41 Å². The number of hydrogen-bond acceptors (Lipinski definition) is 6. The molecular formula is C21H24ClN5O4S.